The van der Waals surface area contributed by atoms with Crippen LogP contribution in [0.2, 0.25) is 0 Å². The van der Waals surface area contributed by atoms with Gasteiger partial charge in [-0.2, -0.15) is 5.10 Å². The van der Waals surface area contributed by atoms with Crippen LogP contribution in [-0.2, 0) is 6.61 Å². The van der Waals surface area contributed by atoms with Gasteiger partial charge < -0.3 is 5.11 Å². The monoisotopic (exact) mass is 246 g/mol. The Hall–Kier alpha value is -1.79. The molecule has 0 radical (unpaired) electrons. The van der Waals surface area contributed by atoms with Gasteiger partial charge in [0, 0.05) is 18.0 Å². The first-order chi connectivity index (χ1) is 8.29. The molecule has 0 aromatic carbocycles. The highest BCUT2D eigenvalue weighted by molar-refractivity contribution is 7.19. The molecule has 1 N–H and O–H groups in total. The number of aryl methyl sites for hydroxylation is 1. The van der Waals surface area contributed by atoms with E-state index in [9.17, 15) is 5.11 Å². The maximum absolute atomic E-state index is 9.28. The fourth-order valence-electron chi connectivity index (χ4n) is 1.68. The van der Waals surface area contributed by atoms with E-state index in [2.05, 4.69) is 15.1 Å². The normalized spacial score (nSPS) is 11.2. The lowest BCUT2D eigenvalue weighted by Crippen LogP contribution is -1.95. The number of fused-ring (bicyclic) bond motifs is 1. The van der Waals surface area contributed by atoms with Gasteiger partial charge in [-0.1, -0.05) is 11.3 Å². The predicted molar refractivity (Wildman–Crippen MR) is 64.8 cm³/mol. The van der Waals surface area contributed by atoms with Crippen LogP contribution in [-0.4, -0.2) is 24.7 Å². The van der Waals surface area contributed by atoms with E-state index in [4.69, 9.17) is 0 Å². The second-order valence-electron chi connectivity index (χ2n) is 3.65. The Bertz CT molecular complexity index is 659. The van der Waals surface area contributed by atoms with Crippen molar-refractivity contribution in [3.63, 3.8) is 0 Å². The minimum atomic E-state index is -0.0524. The summed E-state index contributed by atoms with van der Waals surface area (Å²) in [6.45, 7) is 1.82. The molecule has 5 nitrogen and oxygen atoms in total. The second kappa shape index (κ2) is 3.90. The van der Waals surface area contributed by atoms with Crippen LogP contribution in [0.3, 0.4) is 0 Å². The molecule has 0 saturated heterocycles. The molecule has 17 heavy (non-hydrogen) atoms. The largest absolute Gasteiger partial charge is 0.390 e. The minimum absolute atomic E-state index is 0.0524. The summed E-state index contributed by atoms with van der Waals surface area (Å²) in [6, 6.07) is 3.83. The van der Waals surface area contributed by atoms with E-state index in [-0.39, 0.29) is 6.61 Å². The van der Waals surface area contributed by atoms with E-state index in [1.54, 1.807) is 16.9 Å². The molecule has 0 amide bonds. The van der Waals surface area contributed by atoms with Crippen LogP contribution >= 0.6 is 11.3 Å². The van der Waals surface area contributed by atoms with Crippen LogP contribution in [0.4, 0.5) is 0 Å². The third-order valence-corrected chi connectivity index (χ3v) is 3.51. The quantitative estimate of drug-likeness (QED) is 0.746. The highest BCUT2D eigenvalue weighted by Crippen LogP contribution is 2.26. The van der Waals surface area contributed by atoms with E-state index in [0.717, 1.165) is 26.9 Å². The zero-order valence-corrected chi connectivity index (χ0v) is 9.98. The van der Waals surface area contributed by atoms with Crippen LogP contribution in [0.1, 0.15) is 11.4 Å². The zero-order chi connectivity index (χ0) is 11.8. The van der Waals surface area contributed by atoms with Crippen molar-refractivity contribution in [2.24, 2.45) is 0 Å². The number of aliphatic hydroxyl groups is 1. The standard InChI is InChI=1S/C11H10N4OS/c1-7-9(6-16)15-11(13-7)17-10(14-15)8-3-2-4-12-5-8/h2-5,16H,6H2,1H3. The van der Waals surface area contributed by atoms with Crippen LogP contribution in [0.5, 0.6) is 0 Å². The van der Waals surface area contributed by atoms with Crippen LogP contribution < -0.4 is 0 Å². The zero-order valence-electron chi connectivity index (χ0n) is 9.16. The predicted octanol–water partition coefficient (Wildman–Crippen LogP) is 1.65. The lowest BCUT2D eigenvalue weighted by molar-refractivity contribution is 0.273. The summed E-state index contributed by atoms with van der Waals surface area (Å²) >= 11 is 1.49. The molecule has 3 aromatic heterocycles. The van der Waals surface area contributed by atoms with E-state index in [0.29, 0.717) is 0 Å². The maximum atomic E-state index is 9.28. The summed E-state index contributed by atoms with van der Waals surface area (Å²) in [6.07, 6.45) is 3.50. The highest BCUT2D eigenvalue weighted by Gasteiger charge is 2.13. The SMILES string of the molecule is Cc1nc2sc(-c3cccnc3)nn2c1CO. The van der Waals surface area contributed by atoms with Crippen molar-refractivity contribution in [2.75, 3.05) is 0 Å². The Morgan fingerprint density at radius 2 is 2.35 bits per heavy atom. The molecule has 0 aliphatic carbocycles. The van der Waals surface area contributed by atoms with Gasteiger partial charge in [-0.05, 0) is 19.1 Å². The number of imidazole rings is 1. The van der Waals surface area contributed by atoms with E-state index >= 15 is 0 Å². The molecular formula is C11H10N4OS. The molecule has 86 valence electrons. The fourth-order valence-corrected chi connectivity index (χ4v) is 2.63. The average molecular weight is 246 g/mol. The van der Waals surface area contributed by atoms with Crippen molar-refractivity contribution in [1.82, 2.24) is 19.6 Å². The molecule has 0 aliphatic heterocycles. The first kappa shape index (κ1) is 10.4. The number of rotatable bonds is 2. The van der Waals surface area contributed by atoms with Crippen molar-refractivity contribution in [3.05, 3.63) is 35.9 Å². The Labute approximate surface area is 101 Å². The number of aliphatic hydroxyl groups excluding tert-OH is 1. The molecule has 0 bridgehead atoms. The van der Waals surface area contributed by atoms with Crippen molar-refractivity contribution >= 4 is 16.3 Å². The number of hydrogen-bond donors (Lipinski definition) is 1. The number of aromatic nitrogens is 4. The third kappa shape index (κ3) is 1.62. The van der Waals surface area contributed by atoms with Gasteiger partial charge in [0.25, 0.3) is 0 Å². The van der Waals surface area contributed by atoms with Crippen LogP contribution in [0, 0.1) is 6.92 Å². The topological polar surface area (TPSA) is 63.3 Å². The first-order valence-electron chi connectivity index (χ1n) is 5.16. The molecule has 0 unspecified atom stereocenters. The fraction of sp³-hybridized carbons (Fsp3) is 0.182. The number of nitrogens with zero attached hydrogens (tertiary/aromatic N) is 4. The first-order valence-corrected chi connectivity index (χ1v) is 5.97. The Morgan fingerprint density at radius 3 is 3.06 bits per heavy atom. The van der Waals surface area contributed by atoms with Crippen molar-refractivity contribution < 1.29 is 5.11 Å². The van der Waals surface area contributed by atoms with Gasteiger partial charge in [0.15, 0.2) is 0 Å². The van der Waals surface area contributed by atoms with E-state index in [1.807, 2.05) is 19.1 Å². The second-order valence-corrected chi connectivity index (χ2v) is 4.60. The van der Waals surface area contributed by atoms with E-state index in [1.165, 1.54) is 11.3 Å². The maximum Gasteiger partial charge on any atom is 0.213 e. The molecule has 6 heteroatoms. The van der Waals surface area contributed by atoms with Gasteiger partial charge >= 0.3 is 0 Å². The molecular weight excluding hydrogens is 236 g/mol. The number of hydrogen-bond acceptors (Lipinski definition) is 5. The average Bonchev–Trinajstić information content (AvgIpc) is 2.86. The van der Waals surface area contributed by atoms with Gasteiger partial charge in [-0.3, -0.25) is 4.98 Å². The summed E-state index contributed by atoms with van der Waals surface area (Å²) < 4.78 is 1.70. The molecule has 0 saturated carbocycles. The van der Waals surface area contributed by atoms with Crippen molar-refractivity contribution in [3.8, 4) is 10.6 Å². The molecule has 0 spiro atoms. The molecule has 0 fully saturated rings. The van der Waals surface area contributed by atoms with Gasteiger partial charge in [-0.15, -0.1) is 0 Å². The molecule has 3 heterocycles. The summed E-state index contributed by atoms with van der Waals surface area (Å²) in [4.78, 5) is 9.23. The summed E-state index contributed by atoms with van der Waals surface area (Å²) in [5.41, 5.74) is 2.53. The van der Waals surface area contributed by atoms with Crippen LogP contribution in [0.25, 0.3) is 15.5 Å². The summed E-state index contributed by atoms with van der Waals surface area (Å²) in [7, 11) is 0. The minimum Gasteiger partial charge on any atom is -0.390 e. The van der Waals surface area contributed by atoms with Gasteiger partial charge in [0.2, 0.25) is 4.96 Å². The lowest BCUT2D eigenvalue weighted by Gasteiger charge is -1.94. The van der Waals surface area contributed by atoms with Gasteiger partial charge in [0.1, 0.15) is 5.01 Å². The van der Waals surface area contributed by atoms with Gasteiger partial charge in [-0.25, -0.2) is 9.50 Å². The Morgan fingerprint density at radius 1 is 1.47 bits per heavy atom. The summed E-state index contributed by atoms with van der Waals surface area (Å²) in [5, 5.41) is 14.6. The van der Waals surface area contributed by atoms with Crippen molar-refractivity contribution in [1.29, 1.82) is 0 Å². The molecule has 0 atom stereocenters. The Balaban J connectivity index is 2.18. The van der Waals surface area contributed by atoms with Crippen molar-refractivity contribution in [2.45, 2.75) is 13.5 Å². The summed E-state index contributed by atoms with van der Waals surface area (Å²) in [5.74, 6) is 0. The third-order valence-electron chi connectivity index (χ3n) is 2.55. The molecule has 3 aromatic rings. The van der Waals surface area contributed by atoms with Crippen LogP contribution in [0.15, 0.2) is 24.5 Å². The smallest absolute Gasteiger partial charge is 0.213 e. The highest BCUT2D eigenvalue weighted by atomic mass is 32.1. The lowest BCUT2D eigenvalue weighted by atomic mass is 10.3. The molecule has 0 aliphatic rings. The van der Waals surface area contributed by atoms with E-state index < -0.39 is 0 Å². The number of pyridine rings is 1. The Kier molecular flexibility index (Phi) is 2.38. The van der Waals surface area contributed by atoms with Gasteiger partial charge in [0.05, 0.1) is 18.0 Å². The molecule has 3 rings (SSSR count).